The van der Waals surface area contributed by atoms with Crippen molar-refractivity contribution in [2.75, 3.05) is 7.05 Å². The van der Waals surface area contributed by atoms with Crippen LogP contribution in [0.1, 0.15) is 5.56 Å². The van der Waals surface area contributed by atoms with Crippen LogP contribution in [-0.2, 0) is 16.1 Å². The minimum Gasteiger partial charge on any atom is -0.263 e. The van der Waals surface area contributed by atoms with E-state index >= 15 is 0 Å². The van der Waals surface area contributed by atoms with E-state index in [0.717, 1.165) is 19.2 Å². The van der Waals surface area contributed by atoms with Crippen LogP contribution < -0.4 is 0 Å². The predicted molar refractivity (Wildman–Crippen MR) is 61.8 cm³/mol. The van der Waals surface area contributed by atoms with Crippen molar-refractivity contribution < 1.29 is 23.7 Å². The second kappa shape index (κ2) is 4.68. The van der Waals surface area contributed by atoms with Gasteiger partial charge in [0, 0.05) is 13.1 Å². The Labute approximate surface area is 111 Å². The van der Waals surface area contributed by atoms with E-state index in [4.69, 9.17) is 0 Å². The van der Waals surface area contributed by atoms with Crippen molar-refractivity contribution in [3.05, 3.63) is 39.7 Å². The Bertz CT molecular complexity index is 645. The summed E-state index contributed by atoms with van der Waals surface area (Å²) in [4.78, 5) is 45.2. The van der Waals surface area contributed by atoms with E-state index in [1.807, 2.05) is 0 Å². The third-order valence-electron chi connectivity index (χ3n) is 2.80. The molecule has 1 saturated heterocycles. The van der Waals surface area contributed by atoms with E-state index in [0.29, 0.717) is 9.80 Å². The molecule has 1 aromatic rings. The summed E-state index contributed by atoms with van der Waals surface area (Å²) in [5, 5.41) is 10.5. The summed E-state index contributed by atoms with van der Waals surface area (Å²) in [5.41, 5.74) is -0.543. The number of carbonyl (C=O) groups is 3. The maximum atomic E-state index is 13.4. The fourth-order valence-corrected chi connectivity index (χ4v) is 1.73. The zero-order chi connectivity index (χ0) is 15.0. The number of nitro groups is 1. The summed E-state index contributed by atoms with van der Waals surface area (Å²) >= 11 is 0. The van der Waals surface area contributed by atoms with Gasteiger partial charge in [0.25, 0.3) is 0 Å². The lowest BCUT2D eigenvalue weighted by Crippen LogP contribution is -2.31. The molecule has 0 atom stereocenters. The fraction of sp³-hybridized carbons (Fsp3) is 0.182. The number of rotatable bonds is 3. The van der Waals surface area contributed by atoms with Gasteiger partial charge in [0.2, 0.25) is 5.82 Å². The molecule has 0 saturated carbocycles. The van der Waals surface area contributed by atoms with Gasteiger partial charge in [-0.1, -0.05) is 6.07 Å². The second-order valence-corrected chi connectivity index (χ2v) is 4.08. The minimum absolute atomic E-state index is 0.165. The van der Waals surface area contributed by atoms with E-state index in [1.165, 1.54) is 6.07 Å². The van der Waals surface area contributed by atoms with Gasteiger partial charge < -0.3 is 0 Å². The first kappa shape index (κ1) is 13.6. The molecule has 104 valence electrons. The molecule has 20 heavy (non-hydrogen) atoms. The number of imide groups is 2. The summed E-state index contributed by atoms with van der Waals surface area (Å²) in [6.45, 7) is -0.331. The van der Waals surface area contributed by atoms with Crippen LogP contribution in [0.3, 0.4) is 0 Å². The summed E-state index contributed by atoms with van der Waals surface area (Å²) in [7, 11) is 1.15. The van der Waals surface area contributed by atoms with Gasteiger partial charge in [0.15, 0.2) is 0 Å². The van der Waals surface area contributed by atoms with Gasteiger partial charge in [-0.05, 0) is 11.6 Å². The molecule has 1 aromatic carbocycles. The summed E-state index contributed by atoms with van der Waals surface area (Å²) in [6.07, 6.45) is 0. The predicted octanol–water partition coefficient (Wildman–Crippen LogP) is 0.655. The highest BCUT2D eigenvalue weighted by atomic mass is 19.1. The molecular formula is C11H8FN3O5. The monoisotopic (exact) mass is 281 g/mol. The molecule has 1 aliphatic rings. The van der Waals surface area contributed by atoms with Crippen molar-refractivity contribution in [1.82, 2.24) is 9.80 Å². The highest BCUT2D eigenvalue weighted by Gasteiger charge is 2.42. The number of urea groups is 1. The highest BCUT2D eigenvalue weighted by Crippen LogP contribution is 2.20. The number of nitro benzene ring substituents is 1. The number of halogens is 1. The lowest BCUT2D eigenvalue weighted by Gasteiger charge is -2.12. The van der Waals surface area contributed by atoms with Crippen LogP contribution in [0.5, 0.6) is 0 Å². The molecule has 0 aliphatic carbocycles. The Hall–Kier alpha value is -2.84. The number of amides is 4. The molecule has 4 amide bonds. The third kappa shape index (κ3) is 2.09. The molecule has 1 heterocycles. The van der Waals surface area contributed by atoms with Crippen LogP contribution in [-0.4, -0.2) is 39.6 Å². The molecule has 0 spiro atoms. The van der Waals surface area contributed by atoms with Gasteiger partial charge in [-0.3, -0.25) is 29.5 Å². The number of hydrogen-bond donors (Lipinski definition) is 0. The molecule has 0 aromatic heterocycles. The first-order valence-electron chi connectivity index (χ1n) is 5.39. The number of hydrogen-bond acceptors (Lipinski definition) is 5. The van der Waals surface area contributed by atoms with Crippen molar-refractivity contribution in [2.24, 2.45) is 0 Å². The SMILES string of the molecule is CN1C(=O)C(=O)N(Cc2ccc([N+](=O)[O-])c(F)c2)C1=O. The molecule has 2 rings (SSSR count). The molecule has 1 aliphatic heterocycles. The van der Waals surface area contributed by atoms with Gasteiger partial charge in [0.05, 0.1) is 11.5 Å². The lowest BCUT2D eigenvalue weighted by molar-refractivity contribution is -0.387. The molecule has 0 bridgehead atoms. The quantitative estimate of drug-likeness (QED) is 0.350. The average molecular weight is 281 g/mol. The molecular weight excluding hydrogens is 273 g/mol. The second-order valence-electron chi connectivity index (χ2n) is 4.08. The first-order valence-corrected chi connectivity index (χ1v) is 5.39. The van der Waals surface area contributed by atoms with Crippen LogP contribution in [0.4, 0.5) is 14.9 Å². The molecule has 0 unspecified atom stereocenters. The summed E-state index contributed by atoms with van der Waals surface area (Å²) < 4.78 is 13.4. The Morgan fingerprint density at radius 2 is 1.90 bits per heavy atom. The van der Waals surface area contributed by atoms with Gasteiger partial charge >= 0.3 is 23.5 Å². The minimum atomic E-state index is -1.08. The van der Waals surface area contributed by atoms with Crippen LogP contribution in [0.15, 0.2) is 18.2 Å². The van der Waals surface area contributed by atoms with Crippen molar-refractivity contribution in [1.29, 1.82) is 0 Å². The van der Waals surface area contributed by atoms with Crippen LogP contribution in [0.2, 0.25) is 0 Å². The highest BCUT2D eigenvalue weighted by molar-refractivity contribution is 6.44. The van der Waals surface area contributed by atoms with Crippen molar-refractivity contribution >= 4 is 23.5 Å². The van der Waals surface area contributed by atoms with Crippen LogP contribution in [0.25, 0.3) is 0 Å². The Morgan fingerprint density at radius 1 is 1.25 bits per heavy atom. The largest absolute Gasteiger partial charge is 0.334 e. The van der Waals surface area contributed by atoms with E-state index in [1.54, 1.807) is 0 Å². The summed E-state index contributed by atoms with van der Waals surface area (Å²) in [6, 6.07) is 2.17. The normalized spacial score (nSPS) is 15.2. The Kier molecular flexibility index (Phi) is 3.18. The fourth-order valence-electron chi connectivity index (χ4n) is 1.73. The van der Waals surface area contributed by atoms with E-state index in [2.05, 4.69) is 0 Å². The first-order chi connectivity index (χ1) is 9.32. The van der Waals surface area contributed by atoms with E-state index in [9.17, 15) is 28.9 Å². The van der Waals surface area contributed by atoms with Crippen molar-refractivity contribution in [2.45, 2.75) is 6.54 Å². The van der Waals surface area contributed by atoms with Crippen molar-refractivity contribution in [3.8, 4) is 0 Å². The number of nitrogens with zero attached hydrogens (tertiary/aromatic N) is 3. The van der Waals surface area contributed by atoms with E-state index < -0.39 is 34.3 Å². The average Bonchev–Trinajstić information content (AvgIpc) is 2.56. The maximum absolute atomic E-state index is 13.4. The van der Waals surface area contributed by atoms with Crippen LogP contribution >= 0.6 is 0 Å². The van der Waals surface area contributed by atoms with E-state index in [-0.39, 0.29) is 12.1 Å². The van der Waals surface area contributed by atoms with Gasteiger partial charge in [-0.2, -0.15) is 4.39 Å². The number of carbonyl (C=O) groups excluding carboxylic acids is 3. The zero-order valence-corrected chi connectivity index (χ0v) is 10.2. The standard InChI is InChI=1S/C11H8FN3O5/c1-13-9(16)10(17)14(11(13)18)5-6-2-3-8(15(19)20)7(12)4-6/h2-4H,5H2,1H3. The maximum Gasteiger partial charge on any atom is 0.334 e. The topological polar surface area (TPSA) is 101 Å². The zero-order valence-electron chi connectivity index (χ0n) is 10.2. The molecule has 0 N–H and O–H groups in total. The summed E-state index contributed by atoms with van der Waals surface area (Å²) in [5.74, 6) is -3.07. The Morgan fingerprint density at radius 3 is 2.35 bits per heavy atom. The lowest BCUT2D eigenvalue weighted by atomic mass is 10.2. The van der Waals surface area contributed by atoms with Crippen LogP contribution in [0, 0.1) is 15.9 Å². The number of benzene rings is 1. The smallest absolute Gasteiger partial charge is 0.263 e. The molecule has 9 heteroatoms. The third-order valence-corrected chi connectivity index (χ3v) is 2.80. The van der Waals surface area contributed by atoms with Gasteiger partial charge in [-0.25, -0.2) is 4.79 Å². The number of likely N-dealkylation sites (N-methyl/N-ethyl adjacent to an activating group) is 1. The molecule has 8 nitrogen and oxygen atoms in total. The Balaban J connectivity index is 2.25. The molecule has 0 radical (unpaired) electrons. The van der Waals surface area contributed by atoms with Gasteiger partial charge in [0.1, 0.15) is 0 Å². The molecule has 1 fully saturated rings. The van der Waals surface area contributed by atoms with Crippen molar-refractivity contribution in [3.63, 3.8) is 0 Å². The van der Waals surface area contributed by atoms with Gasteiger partial charge in [-0.15, -0.1) is 0 Å².